The van der Waals surface area contributed by atoms with E-state index in [1.165, 1.54) is 22.7 Å². The first kappa shape index (κ1) is 14.1. The number of methoxy groups -OCH3 is 1. The predicted molar refractivity (Wildman–Crippen MR) is 82.0 cm³/mol. The van der Waals surface area contributed by atoms with Crippen LogP contribution in [-0.4, -0.2) is 45.5 Å². The van der Waals surface area contributed by atoms with Crippen LogP contribution >= 0.6 is 0 Å². The number of rotatable bonds is 3. The van der Waals surface area contributed by atoms with E-state index in [4.69, 9.17) is 4.74 Å². The molecule has 2 heterocycles. The average molecular weight is 307 g/mol. The van der Waals surface area contributed by atoms with Gasteiger partial charge >= 0.3 is 10.2 Å². The number of benzene rings is 1. The fourth-order valence-electron chi connectivity index (χ4n) is 2.52. The van der Waals surface area contributed by atoms with Crippen LogP contribution in [0.25, 0.3) is 10.9 Å². The zero-order chi connectivity index (χ0) is 15.2. The SMILES string of the molecule is COc1cccc2cc3c(nc12)N(S(=O)(=O)N(C)C)CC3. The first-order chi connectivity index (χ1) is 9.95. The summed E-state index contributed by atoms with van der Waals surface area (Å²) in [6, 6.07) is 7.67. The third-order valence-corrected chi connectivity index (χ3v) is 5.48. The average Bonchev–Trinajstić information content (AvgIpc) is 2.87. The molecule has 1 aliphatic rings. The van der Waals surface area contributed by atoms with Crippen molar-refractivity contribution >= 4 is 26.9 Å². The number of hydrogen-bond donors (Lipinski definition) is 0. The molecule has 1 aliphatic heterocycles. The Bertz CT molecular complexity index is 802. The van der Waals surface area contributed by atoms with Gasteiger partial charge in [0.1, 0.15) is 17.1 Å². The molecule has 0 atom stereocenters. The zero-order valence-electron chi connectivity index (χ0n) is 12.2. The second-order valence-corrected chi connectivity index (χ2v) is 7.18. The molecule has 7 heteroatoms. The molecule has 0 bridgehead atoms. The quantitative estimate of drug-likeness (QED) is 0.860. The van der Waals surface area contributed by atoms with Crippen LogP contribution in [0.5, 0.6) is 5.75 Å². The Hall–Kier alpha value is -1.86. The summed E-state index contributed by atoms with van der Waals surface area (Å²) in [5.41, 5.74) is 1.63. The highest BCUT2D eigenvalue weighted by atomic mass is 32.2. The van der Waals surface area contributed by atoms with Crippen LogP contribution < -0.4 is 9.04 Å². The van der Waals surface area contributed by atoms with Gasteiger partial charge in [0, 0.05) is 26.0 Å². The van der Waals surface area contributed by atoms with Crippen LogP contribution in [0.15, 0.2) is 24.3 Å². The maximum Gasteiger partial charge on any atom is 0.304 e. The number of ether oxygens (including phenoxy) is 1. The van der Waals surface area contributed by atoms with Crippen LogP contribution in [0.2, 0.25) is 0 Å². The Labute approximate surface area is 124 Å². The first-order valence-corrected chi connectivity index (χ1v) is 8.01. The molecule has 0 unspecified atom stereocenters. The fourth-order valence-corrected chi connectivity index (χ4v) is 3.61. The molecule has 6 nitrogen and oxygen atoms in total. The second-order valence-electron chi connectivity index (χ2n) is 5.12. The Morgan fingerprint density at radius 2 is 2.10 bits per heavy atom. The van der Waals surface area contributed by atoms with Crippen LogP contribution in [0.4, 0.5) is 5.82 Å². The summed E-state index contributed by atoms with van der Waals surface area (Å²) in [5, 5.41) is 0.956. The van der Waals surface area contributed by atoms with Crippen molar-refractivity contribution in [2.75, 3.05) is 32.1 Å². The summed E-state index contributed by atoms with van der Waals surface area (Å²) >= 11 is 0. The zero-order valence-corrected chi connectivity index (χ0v) is 13.0. The molecule has 3 rings (SSSR count). The van der Waals surface area contributed by atoms with E-state index in [2.05, 4.69) is 4.98 Å². The van der Waals surface area contributed by atoms with E-state index >= 15 is 0 Å². The minimum atomic E-state index is -3.51. The molecule has 0 saturated heterocycles. The van der Waals surface area contributed by atoms with E-state index in [-0.39, 0.29) is 0 Å². The lowest BCUT2D eigenvalue weighted by Crippen LogP contribution is -2.39. The van der Waals surface area contributed by atoms with Crippen molar-refractivity contribution in [3.63, 3.8) is 0 Å². The molecular weight excluding hydrogens is 290 g/mol. The monoisotopic (exact) mass is 307 g/mol. The molecule has 0 amide bonds. The molecule has 1 aromatic heterocycles. The van der Waals surface area contributed by atoms with E-state index in [1.54, 1.807) is 7.11 Å². The van der Waals surface area contributed by atoms with E-state index in [0.717, 1.165) is 10.9 Å². The number of pyridine rings is 1. The predicted octanol–water partition coefficient (Wildman–Crippen LogP) is 1.41. The summed E-state index contributed by atoms with van der Waals surface area (Å²) in [6.45, 7) is 0.418. The van der Waals surface area contributed by atoms with Crippen molar-refractivity contribution in [2.45, 2.75) is 6.42 Å². The minimum Gasteiger partial charge on any atom is -0.494 e. The van der Waals surface area contributed by atoms with Crippen molar-refractivity contribution in [1.29, 1.82) is 0 Å². The van der Waals surface area contributed by atoms with E-state index in [1.807, 2.05) is 24.3 Å². The third-order valence-electron chi connectivity index (χ3n) is 3.65. The van der Waals surface area contributed by atoms with Gasteiger partial charge < -0.3 is 4.74 Å². The number of para-hydroxylation sites is 1. The molecule has 21 heavy (non-hydrogen) atoms. The van der Waals surface area contributed by atoms with Crippen LogP contribution in [0.1, 0.15) is 5.56 Å². The lowest BCUT2D eigenvalue weighted by Gasteiger charge is -2.22. The van der Waals surface area contributed by atoms with Crippen molar-refractivity contribution in [3.05, 3.63) is 29.8 Å². The van der Waals surface area contributed by atoms with Gasteiger partial charge in [-0.15, -0.1) is 0 Å². The Morgan fingerprint density at radius 3 is 2.76 bits per heavy atom. The Morgan fingerprint density at radius 1 is 1.33 bits per heavy atom. The molecule has 0 radical (unpaired) electrons. The van der Waals surface area contributed by atoms with Gasteiger partial charge in [0.05, 0.1) is 7.11 Å². The molecule has 0 spiro atoms. The smallest absolute Gasteiger partial charge is 0.304 e. The van der Waals surface area contributed by atoms with Gasteiger partial charge in [0.2, 0.25) is 0 Å². The maximum atomic E-state index is 12.4. The Kier molecular flexibility index (Phi) is 3.26. The maximum absolute atomic E-state index is 12.4. The molecule has 0 saturated carbocycles. The minimum absolute atomic E-state index is 0.418. The van der Waals surface area contributed by atoms with Crippen molar-refractivity contribution in [2.24, 2.45) is 0 Å². The standard InChI is InChI=1S/C14H17N3O3S/c1-16(2)21(18,19)17-8-7-11-9-10-5-4-6-12(20-3)13(10)15-14(11)17/h4-6,9H,7-8H2,1-3H3. The second kappa shape index (κ2) is 4.85. The molecule has 112 valence electrons. The number of aromatic nitrogens is 1. The third kappa shape index (κ3) is 2.13. The van der Waals surface area contributed by atoms with Crippen LogP contribution in [0.3, 0.4) is 0 Å². The van der Waals surface area contributed by atoms with E-state index in [9.17, 15) is 8.42 Å². The molecule has 0 aliphatic carbocycles. The summed E-state index contributed by atoms with van der Waals surface area (Å²) in [6.07, 6.45) is 0.669. The number of anilines is 1. The van der Waals surface area contributed by atoms with E-state index < -0.39 is 10.2 Å². The number of fused-ring (bicyclic) bond motifs is 2. The Balaban J connectivity index is 2.21. The number of hydrogen-bond acceptors (Lipinski definition) is 4. The van der Waals surface area contributed by atoms with Gasteiger partial charge in [-0.2, -0.15) is 12.7 Å². The lowest BCUT2D eigenvalue weighted by molar-refractivity contribution is 0.419. The van der Waals surface area contributed by atoms with Gasteiger partial charge in [-0.25, -0.2) is 9.29 Å². The van der Waals surface area contributed by atoms with Gasteiger partial charge in [0.15, 0.2) is 0 Å². The van der Waals surface area contributed by atoms with E-state index in [0.29, 0.717) is 30.0 Å². The first-order valence-electron chi connectivity index (χ1n) is 6.62. The van der Waals surface area contributed by atoms with Crippen molar-refractivity contribution in [3.8, 4) is 5.75 Å². The normalized spacial score (nSPS) is 14.8. The summed E-state index contributed by atoms with van der Waals surface area (Å²) in [7, 11) is 1.11. The van der Waals surface area contributed by atoms with Gasteiger partial charge in [0.25, 0.3) is 0 Å². The highest BCUT2D eigenvalue weighted by molar-refractivity contribution is 7.90. The fraction of sp³-hybridized carbons (Fsp3) is 0.357. The summed E-state index contributed by atoms with van der Waals surface area (Å²) < 4.78 is 32.6. The largest absolute Gasteiger partial charge is 0.494 e. The molecule has 2 aromatic rings. The van der Waals surface area contributed by atoms with Crippen LogP contribution in [-0.2, 0) is 16.6 Å². The topological polar surface area (TPSA) is 62.7 Å². The van der Waals surface area contributed by atoms with Crippen molar-refractivity contribution < 1.29 is 13.2 Å². The molecule has 0 fully saturated rings. The summed E-state index contributed by atoms with van der Waals surface area (Å²) in [5.74, 6) is 1.14. The van der Waals surface area contributed by atoms with Crippen LogP contribution in [0, 0.1) is 0 Å². The molecule has 0 N–H and O–H groups in total. The number of nitrogens with zero attached hydrogens (tertiary/aromatic N) is 3. The van der Waals surface area contributed by atoms with Gasteiger partial charge in [-0.05, 0) is 24.1 Å². The lowest BCUT2D eigenvalue weighted by atomic mass is 10.1. The van der Waals surface area contributed by atoms with Gasteiger partial charge in [-0.1, -0.05) is 12.1 Å². The van der Waals surface area contributed by atoms with Crippen molar-refractivity contribution in [1.82, 2.24) is 9.29 Å². The highest BCUT2D eigenvalue weighted by Crippen LogP contribution is 2.34. The van der Waals surface area contributed by atoms with Gasteiger partial charge in [-0.3, -0.25) is 0 Å². The molecular formula is C14H17N3O3S. The molecule has 1 aromatic carbocycles. The highest BCUT2D eigenvalue weighted by Gasteiger charge is 2.32. The summed E-state index contributed by atoms with van der Waals surface area (Å²) in [4.78, 5) is 4.55.